The number of hydrogen-bond acceptors (Lipinski definition) is 10. The van der Waals surface area contributed by atoms with Crippen LogP contribution in [-0.2, 0) is 34.8 Å². The van der Waals surface area contributed by atoms with E-state index in [1.54, 1.807) is 84.3 Å². The Morgan fingerprint density at radius 2 is 1.68 bits per heavy atom. The van der Waals surface area contributed by atoms with Gasteiger partial charge in [0.15, 0.2) is 5.71 Å². The van der Waals surface area contributed by atoms with Crippen LogP contribution >= 0.6 is 0 Å². The van der Waals surface area contributed by atoms with Gasteiger partial charge in [-0.1, -0.05) is 43.3 Å². The predicted molar refractivity (Wildman–Crippen MR) is 201 cm³/mol. The van der Waals surface area contributed by atoms with Gasteiger partial charge < -0.3 is 33.7 Å². The number of methoxy groups -OCH3 is 1. The van der Waals surface area contributed by atoms with Crippen molar-refractivity contribution in [3.63, 3.8) is 0 Å². The van der Waals surface area contributed by atoms with Crippen LogP contribution in [0, 0.1) is 17.3 Å². The highest BCUT2D eigenvalue weighted by Crippen LogP contribution is 2.65. The van der Waals surface area contributed by atoms with Crippen LogP contribution in [0.5, 0.6) is 5.75 Å². The van der Waals surface area contributed by atoms with E-state index in [0.29, 0.717) is 34.1 Å². The molecule has 2 heterocycles. The van der Waals surface area contributed by atoms with Crippen LogP contribution in [-0.4, -0.2) is 78.4 Å². The zero-order valence-corrected chi connectivity index (χ0v) is 32.7. The number of aromatic nitrogens is 1. The van der Waals surface area contributed by atoms with Crippen molar-refractivity contribution >= 4 is 41.6 Å². The number of oxime groups is 1. The fraction of sp³-hybridized carbons (Fsp3) is 0.550. The van der Waals surface area contributed by atoms with E-state index in [-0.39, 0.29) is 29.2 Å². The number of carbonyl (C=O) groups is 3. The Kier molecular flexibility index (Phi) is 10.00. The minimum atomic E-state index is -0.812. The number of benzene rings is 2. The van der Waals surface area contributed by atoms with Gasteiger partial charge in [0.1, 0.15) is 29.6 Å². The number of nitrogens with zero attached hydrogens (tertiary/aromatic N) is 2. The second kappa shape index (κ2) is 13.8. The molecular weight excluding hydrogens is 677 g/mol. The molecule has 13 heteroatoms. The molecule has 3 aromatic rings. The van der Waals surface area contributed by atoms with Crippen molar-refractivity contribution in [2.75, 3.05) is 14.2 Å². The van der Waals surface area contributed by atoms with E-state index in [9.17, 15) is 14.4 Å². The summed E-state index contributed by atoms with van der Waals surface area (Å²) in [5.74, 6) is -0.593. The summed E-state index contributed by atoms with van der Waals surface area (Å²) < 4.78 is 32.0. The highest BCUT2D eigenvalue weighted by Gasteiger charge is 2.68. The first-order valence-electron chi connectivity index (χ1n) is 18.2. The van der Waals surface area contributed by atoms with Gasteiger partial charge in [-0.05, 0) is 103 Å². The van der Waals surface area contributed by atoms with Crippen LogP contribution < -0.4 is 10.1 Å². The Hall–Kier alpha value is -4.36. The monoisotopic (exact) mass is 729 g/mol. The molecular formula is C40H52BN3O9. The minimum Gasteiger partial charge on any atom is -0.496 e. The van der Waals surface area contributed by atoms with Crippen LogP contribution in [0.15, 0.2) is 53.9 Å². The van der Waals surface area contributed by atoms with Crippen LogP contribution in [0.1, 0.15) is 96.6 Å². The summed E-state index contributed by atoms with van der Waals surface area (Å²) in [5, 5.41) is 8.77. The number of hydrogen-bond donors (Lipinski definition) is 1. The smallest absolute Gasteiger partial charge is 0.482 e. The molecule has 4 fully saturated rings. The lowest BCUT2D eigenvalue weighted by atomic mass is 9.43. The topological polar surface area (TPSA) is 136 Å². The predicted octanol–water partition coefficient (Wildman–Crippen LogP) is 6.73. The lowest BCUT2D eigenvalue weighted by Crippen LogP contribution is -2.65. The first-order chi connectivity index (χ1) is 24.7. The molecule has 2 bridgehead atoms. The van der Waals surface area contributed by atoms with E-state index < -0.39 is 47.8 Å². The summed E-state index contributed by atoms with van der Waals surface area (Å²) in [6.07, 6.45) is 4.82. The molecule has 4 aliphatic rings. The van der Waals surface area contributed by atoms with E-state index in [1.165, 1.54) is 18.8 Å². The molecule has 7 rings (SSSR count). The molecule has 12 nitrogen and oxygen atoms in total. The van der Waals surface area contributed by atoms with E-state index in [4.69, 9.17) is 28.4 Å². The summed E-state index contributed by atoms with van der Waals surface area (Å²) in [4.78, 5) is 45.5. The van der Waals surface area contributed by atoms with Gasteiger partial charge in [-0.15, -0.1) is 0 Å². The van der Waals surface area contributed by atoms with Gasteiger partial charge >= 0.3 is 19.2 Å². The number of fused-ring (bicyclic) bond motifs is 1. The number of para-hydroxylation sites is 1. The number of carbonyl (C=O) groups excluding carboxylic acids is 3. The summed E-state index contributed by atoms with van der Waals surface area (Å²) in [6.45, 7) is 17.5. The molecule has 1 aromatic heterocycles. The molecule has 2 aromatic carbocycles. The van der Waals surface area contributed by atoms with Crippen LogP contribution in [0.25, 0.3) is 10.8 Å². The number of nitrogens with one attached hydrogen (secondary N) is 1. The van der Waals surface area contributed by atoms with E-state index in [1.807, 2.05) is 6.07 Å². The highest BCUT2D eigenvalue weighted by molar-refractivity contribution is 6.51. The summed E-state index contributed by atoms with van der Waals surface area (Å²) in [7, 11) is 2.06. The highest BCUT2D eigenvalue weighted by atomic mass is 16.7. The molecule has 1 aliphatic heterocycles. The van der Waals surface area contributed by atoms with Gasteiger partial charge in [0.05, 0.1) is 24.8 Å². The third-order valence-corrected chi connectivity index (χ3v) is 10.9. The fourth-order valence-electron chi connectivity index (χ4n) is 8.27. The second-order valence-electron chi connectivity index (χ2n) is 17.2. The normalized spacial score (nSPS) is 24.2. The van der Waals surface area contributed by atoms with E-state index in [0.717, 1.165) is 18.2 Å². The quantitative estimate of drug-likeness (QED) is 0.110. The molecule has 53 heavy (non-hydrogen) atoms. The summed E-state index contributed by atoms with van der Waals surface area (Å²) >= 11 is 0. The molecule has 1 amide bonds. The lowest BCUT2D eigenvalue weighted by Gasteiger charge is -2.64. The minimum absolute atomic E-state index is 0.0175. The van der Waals surface area contributed by atoms with Gasteiger partial charge in [0.2, 0.25) is 0 Å². The number of ether oxygens (including phenoxy) is 3. The lowest BCUT2D eigenvalue weighted by molar-refractivity contribution is -0.199. The first kappa shape index (κ1) is 38.4. The molecule has 0 radical (unpaired) electrons. The van der Waals surface area contributed by atoms with Gasteiger partial charge in [0, 0.05) is 28.7 Å². The maximum absolute atomic E-state index is 14.3. The largest absolute Gasteiger partial charge is 0.496 e. The maximum atomic E-state index is 14.3. The van der Waals surface area contributed by atoms with Crippen LogP contribution in [0.3, 0.4) is 0 Å². The fourth-order valence-corrected chi connectivity index (χ4v) is 8.27. The van der Waals surface area contributed by atoms with Gasteiger partial charge in [-0.25, -0.2) is 9.59 Å². The summed E-state index contributed by atoms with van der Waals surface area (Å²) in [6, 6.07) is 10.6. The maximum Gasteiger partial charge on any atom is 0.482 e. The van der Waals surface area contributed by atoms with Gasteiger partial charge in [-0.2, -0.15) is 0 Å². The van der Waals surface area contributed by atoms with Crippen molar-refractivity contribution < 1.29 is 42.7 Å². The first-order valence-corrected chi connectivity index (χ1v) is 18.2. The van der Waals surface area contributed by atoms with E-state index in [2.05, 4.69) is 31.2 Å². The Morgan fingerprint density at radius 3 is 2.32 bits per heavy atom. The zero-order valence-electron chi connectivity index (χ0n) is 32.7. The molecule has 1 N–H and O–H groups in total. The molecule has 5 atom stereocenters. The van der Waals surface area contributed by atoms with Crippen molar-refractivity contribution in [3.8, 4) is 5.75 Å². The zero-order chi connectivity index (χ0) is 38.7. The average molecular weight is 730 g/mol. The van der Waals surface area contributed by atoms with Crippen molar-refractivity contribution in [2.24, 2.45) is 22.4 Å². The van der Waals surface area contributed by atoms with Crippen molar-refractivity contribution in [1.82, 2.24) is 9.88 Å². The molecule has 0 spiro atoms. The van der Waals surface area contributed by atoms with Crippen molar-refractivity contribution in [1.29, 1.82) is 0 Å². The Labute approximate surface area is 312 Å². The molecule has 2 unspecified atom stereocenters. The molecule has 3 saturated carbocycles. The van der Waals surface area contributed by atoms with Crippen molar-refractivity contribution in [2.45, 2.75) is 110 Å². The van der Waals surface area contributed by atoms with Crippen molar-refractivity contribution in [3.05, 3.63) is 65.5 Å². The van der Waals surface area contributed by atoms with Gasteiger partial charge in [0.25, 0.3) is 5.91 Å². The van der Waals surface area contributed by atoms with Crippen LogP contribution in [0.4, 0.5) is 4.79 Å². The third-order valence-electron chi connectivity index (χ3n) is 10.9. The van der Waals surface area contributed by atoms with Crippen LogP contribution in [0.2, 0.25) is 0 Å². The Bertz CT molecular complexity index is 1940. The second-order valence-corrected chi connectivity index (χ2v) is 17.2. The number of esters is 1. The molecule has 1 saturated heterocycles. The summed E-state index contributed by atoms with van der Waals surface area (Å²) in [5.41, 5.74) is -0.369. The number of amides is 1. The SMILES string of the molecule is CO/N=C(\C(=O)NC(Cc1cccc(C(=O)OC(C)(C)C)c1OC)B1OC2C[C@H]3C[C@@H](C3(C)C)[C@]2(C)O1)c1ccc2cn(C(=O)OC(C)(C)C)cc2c1. The molecule has 3 aliphatic carbocycles. The Morgan fingerprint density at radius 1 is 0.981 bits per heavy atom. The third kappa shape index (κ3) is 7.55. The van der Waals surface area contributed by atoms with E-state index >= 15 is 0 Å². The standard InChI is InChI=1S/C40H52BN3O9/c1-37(2,3)50-35(46)28-14-12-13-24(33(28)48-10)18-31(41-52-30-20-27-19-29(39(27,7)8)40(30,9)53-41)42-34(45)32(43-49-11)23-15-16-25-21-44(22-26(25)17-23)36(47)51-38(4,5)6/h12-17,21-22,27,29-31H,18-20H2,1-11H3,(H,42,45)/b43-32-/t27-,29+,30?,31?,40+/m1/s1. The number of rotatable bonds is 9. The average Bonchev–Trinajstić information content (AvgIpc) is 3.65. The molecule has 284 valence electrons. The Balaban J connectivity index is 1.32. The van der Waals surface area contributed by atoms with Gasteiger partial charge in [-0.3, -0.25) is 9.36 Å².